The van der Waals surface area contributed by atoms with Crippen molar-refractivity contribution in [1.29, 1.82) is 0 Å². The Balaban J connectivity index is 1.52. The summed E-state index contributed by atoms with van der Waals surface area (Å²) in [5, 5.41) is 0. The smallest absolute Gasteiger partial charge is 0.410 e. The molecule has 0 radical (unpaired) electrons. The van der Waals surface area contributed by atoms with E-state index in [1.165, 1.54) is 0 Å². The summed E-state index contributed by atoms with van der Waals surface area (Å²) in [6.45, 7) is 12.3. The molecular formula is C26H38N2O6. The van der Waals surface area contributed by atoms with Crippen LogP contribution in [0.2, 0.25) is 0 Å². The highest BCUT2D eigenvalue weighted by molar-refractivity contribution is 5.98. The molecule has 34 heavy (non-hydrogen) atoms. The maximum Gasteiger partial charge on any atom is 0.410 e. The van der Waals surface area contributed by atoms with Gasteiger partial charge in [-0.3, -0.25) is 9.59 Å². The number of hydrogen-bond acceptors (Lipinski definition) is 6. The van der Waals surface area contributed by atoms with Gasteiger partial charge in [-0.2, -0.15) is 0 Å². The fourth-order valence-corrected chi connectivity index (χ4v) is 4.28. The second-order valence-corrected chi connectivity index (χ2v) is 10.4. The minimum Gasteiger partial charge on any atom is -0.486 e. The number of amides is 2. The molecule has 0 aliphatic carbocycles. The summed E-state index contributed by atoms with van der Waals surface area (Å²) in [6.07, 6.45) is 1.82. The number of carbonyl (C=O) groups excluding carboxylic acids is 3. The van der Waals surface area contributed by atoms with E-state index in [-0.39, 0.29) is 42.6 Å². The highest BCUT2D eigenvalue weighted by Gasteiger charge is 2.30. The summed E-state index contributed by atoms with van der Waals surface area (Å²) in [6, 6.07) is 5.15. The number of carbonyl (C=O) groups is 3. The number of piperidine rings is 1. The Morgan fingerprint density at radius 3 is 2.50 bits per heavy atom. The van der Waals surface area contributed by atoms with Crippen LogP contribution in [0.3, 0.4) is 0 Å². The number of likely N-dealkylation sites (tertiary alicyclic amines) is 1. The zero-order chi connectivity index (χ0) is 24.9. The van der Waals surface area contributed by atoms with Gasteiger partial charge < -0.3 is 24.0 Å². The molecule has 1 fully saturated rings. The lowest BCUT2D eigenvalue weighted by atomic mass is 9.96. The van der Waals surface area contributed by atoms with Crippen LogP contribution in [-0.2, 0) is 9.53 Å². The van der Waals surface area contributed by atoms with E-state index in [9.17, 15) is 14.4 Å². The van der Waals surface area contributed by atoms with Crippen LogP contribution in [0.25, 0.3) is 0 Å². The van der Waals surface area contributed by atoms with Crippen LogP contribution >= 0.6 is 0 Å². The number of Topliss-reactive ketones (excluding diaryl/α,β-unsaturated/α-hetero) is 1. The van der Waals surface area contributed by atoms with Gasteiger partial charge in [0.25, 0.3) is 0 Å². The summed E-state index contributed by atoms with van der Waals surface area (Å²) in [5.74, 6) is 1.28. The van der Waals surface area contributed by atoms with Crippen LogP contribution in [0.1, 0.15) is 70.7 Å². The number of fused-ring (bicyclic) bond motifs is 1. The van der Waals surface area contributed by atoms with Crippen LogP contribution in [0.4, 0.5) is 4.79 Å². The van der Waals surface area contributed by atoms with Crippen LogP contribution in [0.5, 0.6) is 11.5 Å². The van der Waals surface area contributed by atoms with Crippen LogP contribution in [0.15, 0.2) is 18.2 Å². The first-order chi connectivity index (χ1) is 16.0. The van der Waals surface area contributed by atoms with Crippen molar-refractivity contribution in [2.75, 3.05) is 32.8 Å². The number of ether oxygens (including phenoxy) is 3. The minimum atomic E-state index is -0.553. The number of ketones is 1. The average Bonchev–Trinajstić information content (AvgIpc) is 2.79. The maximum absolute atomic E-state index is 12.9. The van der Waals surface area contributed by atoms with E-state index in [0.717, 1.165) is 12.8 Å². The molecule has 2 amide bonds. The molecule has 0 N–H and O–H groups in total. The molecule has 0 bridgehead atoms. The van der Waals surface area contributed by atoms with E-state index in [1.54, 1.807) is 23.1 Å². The van der Waals surface area contributed by atoms with Crippen molar-refractivity contribution < 1.29 is 28.6 Å². The first-order valence-corrected chi connectivity index (χ1v) is 12.2. The second kappa shape index (κ2) is 11.1. The van der Waals surface area contributed by atoms with Gasteiger partial charge in [-0.05, 0) is 71.6 Å². The Morgan fingerprint density at radius 2 is 1.82 bits per heavy atom. The summed E-state index contributed by atoms with van der Waals surface area (Å²) in [5.41, 5.74) is -0.0267. The summed E-state index contributed by atoms with van der Waals surface area (Å²) >= 11 is 0. The van der Waals surface area contributed by atoms with Gasteiger partial charge in [-0.15, -0.1) is 0 Å². The van der Waals surface area contributed by atoms with Crippen molar-refractivity contribution >= 4 is 17.8 Å². The van der Waals surface area contributed by atoms with Gasteiger partial charge >= 0.3 is 6.09 Å². The molecule has 0 aromatic heterocycles. The molecule has 1 aromatic rings. The number of benzene rings is 1. The standard InChI is InChI=1S/C26H38N2O6/c1-18(2)28(25(31)34-26(3,4)5)17-19-7-6-12-27(16-19)24(30)11-9-21(29)20-8-10-22-23(15-20)33-14-13-32-22/h8,10,15,18-19H,6-7,9,11-14,16-17H2,1-5H3. The molecule has 1 aromatic carbocycles. The normalized spacial score (nSPS) is 17.9. The molecule has 8 nitrogen and oxygen atoms in total. The molecule has 2 aliphatic rings. The van der Waals surface area contributed by atoms with Gasteiger partial charge in [0.05, 0.1) is 0 Å². The molecule has 2 aliphatic heterocycles. The highest BCUT2D eigenvalue weighted by Crippen LogP contribution is 2.31. The Labute approximate surface area is 202 Å². The molecular weight excluding hydrogens is 436 g/mol. The quantitative estimate of drug-likeness (QED) is 0.548. The number of hydrogen-bond donors (Lipinski definition) is 0. The summed E-state index contributed by atoms with van der Waals surface area (Å²) in [4.78, 5) is 41.8. The van der Waals surface area contributed by atoms with Gasteiger partial charge in [-0.1, -0.05) is 0 Å². The minimum absolute atomic E-state index is 0.00421. The molecule has 3 rings (SSSR count). The zero-order valence-electron chi connectivity index (χ0n) is 21.1. The predicted molar refractivity (Wildman–Crippen MR) is 128 cm³/mol. The first-order valence-electron chi connectivity index (χ1n) is 12.2. The summed E-state index contributed by atoms with van der Waals surface area (Å²) < 4.78 is 16.6. The molecule has 2 heterocycles. The lowest BCUT2D eigenvalue weighted by Gasteiger charge is -2.37. The largest absolute Gasteiger partial charge is 0.486 e. The Morgan fingerprint density at radius 1 is 1.12 bits per heavy atom. The summed E-state index contributed by atoms with van der Waals surface area (Å²) in [7, 11) is 0. The van der Waals surface area contributed by atoms with Gasteiger partial charge in [0.2, 0.25) is 5.91 Å². The third-order valence-electron chi connectivity index (χ3n) is 6.01. The lowest BCUT2D eigenvalue weighted by Crippen LogP contribution is -2.48. The molecule has 1 saturated heterocycles. The fraction of sp³-hybridized carbons (Fsp3) is 0.654. The molecule has 1 atom stereocenters. The molecule has 8 heteroatoms. The molecule has 0 spiro atoms. The van der Waals surface area contributed by atoms with Crippen LogP contribution in [0, 0.1) is 5.92 Å². The molecule has 1 unspecified atom stereocenters. The number of rotatable bonds is 7. The van der Waals surface area contributed by atoms with Gasteiger partial charge in [0.1, 0.15) is 18.8 Å². The topological polar surface area (TPSA) is 85.4 Å². The second-order valence-electron chi connectivity index (χ2n) is 10.4. The SMILES string of the molecule is CC(C)N(CC1CCCN(C(=O)CCC(=O)c2ccc3c(c2)OCCO3)C1)C(=O)OC(C)(C)C. The van der Waals surface area contributed by atoms with E-state index in [2.05, 4.69) is 0 Å². The van der Waals surface area contributed by atoms with Crippen LogP contribution in [-0.4, -0.2) is 72.1 Å². The van der Waals surface area contributed by atoms with Crippen molar-refractivity contribution in [1.82, 2.24) is 9.80 Å². The van der Waals surface area contributed by atoms with E-state index < -0.39 is 5.60 Å². The predicted octanol–water partition coefficient (Wildman–Crippen LogP) is 4.30. The van der Waals surface area contributed by atoms with E-state index in [0.29, 0.717) is 49.9 Å². The third-order valence-corrected chi connectivity index (χ3v) is 6.01. The zero-order valence-corrected chi connectivity index (χ0v) is 21.1. The molecule has 0 saturated carbocycles. The fourth-order valence-electron chi connectivity index (χ4n) is 4.28. The highest BCUT2D eigenvalue weighted by atomic mass is 16.6. The van der Waals surface area contributed by atoms with E-state index in [4.69, 9.17) is 14.2 Å². The van der Waals surface area contributed by atoms with Crippen molar-refractivity contribution in [3.8, 4) is 11.5 Å². The first kappa shape index (κ1) is 25.8. The van der Waals surface area contributed by atoms with E-state index in [1.807, 2.05) is 39.5 Å². The van der Waals surface area contributed by atoms with Gasteiger partial charge in [0.15, 0.2) is 17.3 Å². The van der Waals surface area contributed by atoms with E-state index >= 15 is 0 Å². The lowest BCUT2D eigenvalue weighted by molar-refractivity contribution is -0.133. The van der Waals surface area contributed by atoms with Crippen molar-refractivity contribution in [2.24, 2.45) is 5.92 Å². The van der Waals surface area contributed by atoms with Gasteiger partial charge in [-0.25, -0.2) is 4.79 Å². The third kappa shape index (κ3) is 7.11. The maximum atomic E-state index is 12.9. The van der Waals surface area contributed by atoms with Crippen molar-refractivity contribution in [3.63, 3.8) is 0 Å². The average molecular weight is 475 g/mol. The van der Waals surface area contributed by atoms with Crippen molar-refractivity contribution in [3.05, 3.63) is 23.8 Å². The Kier molecular flexibility index (Phi) is 8.44. The van der Waals surface area contributed by atoms with Gasteiger partial charge in [0, 0.05) is 44.1 Å². The monoisotopic (exact) mass is 474 g/mol. The Hall–Kier alpha value is -2.77. The van der Waals surface area contributed by atoms with Crippen molar-refractivity contribution in [2.45, 2.75) is 71.9 Å². The van der Waals surface area contributed by atoms with Crippen LogP contribution < -0.4 is 9.47 Å². The Bertz CT molecular complexity index is 892. The number of nitrogens with zero attached hydrogens (tertiary/aromatic N) is 2. The molecule has 188 valence electrons.